The van der Waals surface area contributed by atoms with Gasteiger partial charge in [-0.1, -0.05) is 29.3 Å². The highest BCUT2D eigenvalue weighted by molar-refractivity contribution is 6.35. The Hall–Kier alpha value is -2.11. The van der Waals surface area contributed by atoms with Crippen LogP contribution in [0.2, 0.25) is 10.0 Å². The van der Waals surface area contributed by atoms with Crippen molar-refractivity contribution in [2.24, 2.45) is 7.05 Å². The molecule has 1 N–H and O–H groups in total. The van der Waals surface area contributed by atoms with E-state index in [-0.39, 0.29) is 12.3 Å². The number of aromatic nitrogens is 3. The van der Waals surface area contributed by atoms with Crippen molar-refractivity contribution in [3.63, 3.8) is 0 Å². The van der Waals surface area contributed by atoms with Crippen LogP contribution < -0.4 is 5.32 Å². The van der Waals surface area contributed by atoms with Crippen LogP contribution in [-0.4, -0.2) is 20.7 Å². The Kier molecular flexibility index (Phi) is 4.24. The Morgan fingerprint density at radius 3 is 2.83 bits per heavy atom. The summed E-state index contributed by atoms with van der Waals surface area (Å²) in [6.07, 6.45) is 1.78. The molecule has 118 valence electrons. The molecule has 3 aromatic rings. The maximum absolute atomic E-state index is 12.2. The number of aryl methyl sites for hydroxylation is 2. The molecule has 3 rings (SSSR count). The first-order valence-corrected chi connectivity index (χ1v) is 7.73. The van der Waals surface area contributed by atoms with Gasteiger partial charge in [-0.3, -0.25) is 9.48 Å². The average Bonchev–Trinajstić information content (AvgIpc) is 2.77. The van der Waals surface area contributed by atoms with E-state index in [0.717, 1.165) is 22.3 Å². The smallest absolute Gasteiger partial charge is 0.228 e. The molecule has 0 fully saturated rings. The fourth-order valence-corrected chi connectivity index (χ4v) is 2.89. The molecule has 1 aromatic carbocycles. The Morgan fingerprint density at radius 1 is 1.30 bits per heavy atom. The van der Waals surface area contributed by atoms with Gasteiger partial charge in [0.1, 0.15) is 0 Å². The van der Waals surface area contributed by atoms with Gasteiger partial charge in [0.2, 0.25) is 5.91 Å². The van der Waals surface area contributed by atoms with Gasteiger partial charge in [-0.15, -0.1) is 0 Å². The number of hydrogen-bond acceptors (Lipinski definition) is 3. The second kappa shape index (κ2) is 6.18. The standard InChI is InChI=1S/C16H14Cl2N4O/c1-9-13-7-12(8-19-16(13)22(2)21-9)20-15(23)5-10-3-4-11(17)6-14(10)18/h3-4,6-8H,5H2,1-2H3,(H,20,23). The van der Waals surface area contributed by atoms with Gasteiger partial charge in [0.05, 0.1) is 24.0 Å². The number of halogens is 2. The minimum atomic E-state index is -0.170. The molecule has 2 heterocycles. The minimum absolute atomic E-state index is 0.167. The van der Waals surface area contributed by atoms with Crippen LogP contribution in [0, 0.1) is 6.92 Å². The fourth-order valence-electron chi connectivity index (χ4n) is 2.42. The molecule has 23 heavy (non-hydrogen) atoms. The summed E-state index contributed by atoms with van der Waals surface area (Å²) in [5, 5.41) is 9.07. The second-order valence-corrected chi connectivity index (χ2v) is 6.11. The maximum atomic E-state index is 12.2. The molecule has 1 amide bonds. The van der Waals surface area contributed by atoms with Crippen molar-refractivity contribution in [1.82, 2.24) is 14.8 Å². The number of amides is 1. The highest BCUT2D eigenvalue weighted by Gasteiger charge is 2.11. The van der Waals surface area contributed by atoms with Crippen LogP contribution in [0.3, 0.4) is 0 Å². The lowest BCUT2D eigenvalue weighted by atomic mass is 10.1. The van der Waals surface area contributed by atoms with E-state index in [1.807, 2.05) is 20.0 Å². The van der Waals surface area contributed by atoms with Gasteiger partial charge in [-0.25, -0.2) is 4.98 Å². The van der Waals surface area contributed by atoms with Crippen LogP contribution in [-0.2, 0) is 18.3 Å². The molecule has 0 radical (unpaired) electrons. The van der Waals surface area contributed by atoms with Crippen LogP contribution in [0.4, 0.5) is 5.69 Å². The number of hydrogen-bond donors (Lipinski definition) is 1. The number of anilines is 1. The van der Waals surface area contributed by atoms with Gasteiger partial charge in [0, 0.05) is 22.5 Å². The number of fused-ring (bicyclic) bond motifs is 1. The normalized spacial score (nSPS) is 11.0. The van der Waals surface area contributed by atoms with Crippen LogP contribution >= 0.6 is 23.2 Å². The molecule has 2 aromatic heterocycles. The van der Waals surface area contributed by atoms with Gasteiger partial charge < -0.3 is 5.32 Å². The molecule has 0 aliphatic rings. The molecule has 7 heteroatoms. The van der Waals surface area contributed by atoms with E-state index in [4.69, 9.17) is 23.2 Å². The van der Waals surface area contributed by atoms with Crippen LogP contribution in [0.25, 0.3) is 11.0 Å². The number of pyridine rings is 1. The third-order valence-corrected chi connectivity index (χ3v) is 4.10. The van der Waals surface area contributed by atoms with E-state index >= 15 is 0 Å². The highest BCUT2D eigenvalue weighted by Crippen LogP contribution is 2.22. The Bertz CT molecular complexity index is 904. The van der Waals surface area contributed by atoms with Crippen molar-refractivity contribution in [1.29, 1.82) is 0 Å². The van der Waals surface area contributed by atoms with E-state index in [9.17, 15) is 4.79 Å². The monoisotopic (exact) mass is 348 g/mol. The van der Waals surface area contributed by atoms with Crippen LogP contribution in [0.15, 0.2) is 30.5 Å². The summed E-state index contributed by atoms with van der Waals surface area (Å²) in [7, 11) is 1.84. The summed E-state index contributed by atoms with van der Waals surface area (Å²) >= 11 is 11.9. The predicted molar refractivity (Wildman–Crippen MR) is 92.0 cm³/mol. The maximum Gasteiger partial charge on any atom is 0.228 e. The van der Waals surface area contributed by atoms with Crippen molar-refractivity contribution < 1.29 is 4.79 Å². The summed E-state index contributed by atoms with van der Waals surface area (Å²) in [4.78, 5) is 16.5. The van der Waals surface area contributed by atoms with E-state index < -0.39 is 0 Å². The summed E-state index contributed by atoms with van der Waals surface area (Å²) in [5.41, 5.74) is 3.00. The zero-order valence-corrected chi connectivity index (χ0v) is 14.1. The molecule has 0 spiro atoms. The lowest BCUT2D eigenvalue weighted by Crippen LogP contribution is -2.14. The molecule has 0 aliphatic carbocycles. The molecule has 5 nitrogen and oxygen atoms in total. The Morgan fingerprint density at radius 2 is 2.09 bits per heavy atom. The number of carbonyl (C=O) groups excluding carboxylic acids is 1. The van der Waals surface area contributed by atoms with Crippen molar-refractivity contribution in [3.05, 3.63) is 51.8 Å². The van der Waals surface area contributed by atoms with Crippen molar-refractivity contribution >= 4 is 45.8 Å². The zero-order chi connectivity index (χ0) is 16.6. The van der Waals surface area contributed by atoms with Gasteiger partial charge in [0.15, 0.2) is 5.65 Å². The zero-order valence-electron chi connectivity index (χ0n) is 12.6. The first-order chi connectivity index (χ1) is 10.9. The Labute approximate surface area is 143 Å². The van der Waals surface area contributed by atoms with Gasteiger partial charge >= 0.3 is 0 Å². The molecule has 0 aliphatic heterocycles. The first kappa shape index (κ1) is 15.8. The summed E-state index contributed by atoms with van der Waals surface area (Å²) in [5.74, 6) is -0.170. The molecular weight excluding hydrogens is 335 g/mol. The largest absolute Gasteiger partial charge is 0.324 e. The lowest BCUT2D eigenvalue weighted by Gasteiger charge is -2.07. The van der Waals surface area contributed by atoms with Crippen LogP contribution in [0.5, 0.6) is 0 Å². The van der Waals surface area contributed by atoms with Crippen LogP contribution in [0.1, 0.15) is 11.3 Å². The molecule has 0 saturated heterocycles. The molecule has 0 saturated carbocycles. The summed E-state index contributed by atoms with van der Waals surface area (Å²) in [6.45, 7) is 1.91. The van der Waals surface area contributed by atoms with E-state index in [0.29, 0.717) is 15.7 Å². The van der Waals surface area contributed by atoms with E-state index in [1.165, 1.54) is 0 Å². The van der Waals surface area contributed by atoms with E-state index in [2.05, 4.69) is 15.4 Å². The minimum Gasteiger partial charge on any atom is -0.324 e. The van der Waals surface area contributed by atoms with Crippen molar-refractivity contribution in [3.8, 4) is 0 Å². The number of nitrogens with zero attached hydrogens (tertiary/aromatic N) is 3. The number of carbonyl (C=O) groups is 1. The van der Waals surface area contributed by atoms with E-state index in [1.54, 1.807) is 29.1 Å². The lowest BCUT2D eigenvalue weighted by molar-refractivity contribution is -0.115. The first-order valence-electron chi connectivity index (χ1n) is 6.97. The summed E-state index contributed by atoms with van der Waals surface area (Å²) in [6, 6.07) is 6.95. The molecule has 0 bridgehead atoms. The SMILES string of the molecule is Cc1nn(C)c2ncc(NC(=O)Cc3ccc(Cl)cc3Cl)cc12. The topological polar surface area (TPSA) is 59.8 Å². The second-order valence-electron chi connectivity index (χ2n) is 5.26. The number of rotatable bonds is 3. The predicted octanol–water partition coefficient (Wildman–Crippen LogP) is 3.76. The van der Waals surface area contributed by atoms with Crippen molar-refractivity contribution in [2.45, 2.75) is 13.3 Å². The Balaban J connectivity index is 1.78. The summed E-state index contributed by atoms with van der Waals surface area (Å²) < 4.78 is 1.71. The molecule has 0 unspecified atom stereocenters. The van der Waals surface area contributed by atoms with Gasteiger partial charge in [-0.05, 0) is 30.7 Å². The average molecular weight is 349 g/mol. The third-order valence-electron chi connectivity index (χ3n) is 3.51. The number of nitrogens with one attached hydrogen (secondary N) is 1. The molecule has 0 atom stereocenters. The highest BCUT2D eigenvalue weighted by atomic mass is 35.5. The third kappa shape index (κ3) is 3.30. The molecular formula is C16H14Cl2N4O. The number of benzene rings is 1. The fraction of sp³-hybridized carbons (Fsp3) is 0.188. The quantitative estimate of drug-likeness (QED) is 0.783. The van der Waals surface area contributed by atoms with Gasteiger partial charge in [-0.2, -0.15) is 5.10 Å². The van der Waals surface area contributed by atoms with Crippen molar-refractivity contribution in [2.75, 3.05) is 5.32 Å². The van der Waals surface area contributed by atoms with Gasteiger partial charge in [0.25, 0.3) is 0 Å².